The maximum Gasteiger partial charge on any atom is 0.261 e. The molecular weight excluding hydrogens is 320 g/mol. The molecule has 110 valence electrons. The van der Waals surface area contributed by atoms with Crippen LogP contribution in [-0.4, -0.2) is 25.1 Å². The van der Waals surface area contributed by atoms with Crippen molar-refractivity contribution >= 4 is 21.8 Å². The molecule has 0 radical (unpaired) electrons. The molecule has 1 aromatic carbocycles. The molecule has 20 heavy (non-hydrogen) atoms. The highest BCUT2D eigenvalue weighted by atomic mass is 79.9. The molecule has 0 aromatic heterocycles. The second kappa shape index (κ2) is 8.76. The number of nitrogens with one attached hydrogen (secondary N) is 2. The third-order valence-electron chi connectivity index (χ3n) is 2.67. The van der Waals surface area contributed by atoms with E-state index in [1.807, 2.05) is 18.2 Å². The molecule has 0 fully saturated rings. The number of carbonyl (C=O) groups is 1. The summed E-state index contributed by atoms with van der Waals surface area (Å²) in [6.45, 7) is 9.52. The number of carbonyl (C=O) groups excluding carboxylic acids is 1. The minimum atomic E-state index is -0.550. The van der Waals surface area contributed by atoms with Crippen molar-refractivity contribution in [1.82, 2.24) is 10.6 Å². The largest absolute Gasteiger partial charge is 0.480 e. The van der Waals surface area contributed by atoms with Crippen molar-refractivity contribution in [2.75, 3.05) is 13.1 Å². The van der Waals surface area contributed by atoms with E-state index in [-0.39, 0.29) is 5.91 Å². The Hall–Kier alpha value is -1.33. The Morgan fingerprint density at radius 3 is 2.90 bits per heavy atom. The Kier molecular flexibility index (Phi) is 7.33. The van der Waals surface area contributed by atoms with Gasteiger partial charge in [0.15, 0.2) is 6.10 Å². The van der Waals surface area contributed by atoms with Gasteiger partial charge in [-0.1, -0.05) is 19.1 Å². The van der Waals surface area contributed by atoms with Gasteiger partial charge in [-0.05, 0) is 47.1 Å². The van der Waals surface area contributed by atoms with Crippen LogP contribution in [0.3, 0.4) is 0 Å². The van der Waals surface area contributed by atoms with Crippen molar-refractivity contribution < 1.29 is 9.53 Å². The lowest BCUT2D eigenvalue weighted by Crippen LogP contribution is -2.36. The third-order valence-corrected chi connectivity index (χ3v) is 3.29. The summed E-state index contributed by atoms with van der Waals surface area (Å²) in [7, 11) is 0. The smallest absolute Gasteiger partial charge is 0.261 e. The number of benzene rings is 1. The Balaban J connectivity index is 2.63. The van der Waals surface area contributed by atoms with Crippen LogP contribution in [0.5, 0.6) is 5.75 Å². The van der Waals surface area contributed by atoms with Gasteiger partial charge in [-0.15, -0.1) is 6.58 Å². The van der Waals surface area contributed by atoms with Crippen molar-refractivity contribution in [2.24, 2.45) is 0 Å². The highest BCUT2D eigenvalue weighted by molar-refractivity contribution is 9.10. The molecule has 0 heterocycles. The fraction of sp³-hybridized carbons (Fsp3) is 0.400. The minimum absolute atomic E-state index is 0.159. The van der Waals surface area contributed by atoms with Gasteiger partial charge in [0.25, 0.3) is 5.91 Å². The van der Waals surface area contributed by atoms with Crippen LogP contribution in [0.2, 0.25) is 0 Å². The van der Waals surface area contributed by atoms with Crippen LogP contribution in [0.25, 0.3) is 0 Å². The number of rotatable bonds is 8. The standard InChI is InChI=1S/C15H21BrN2O2/c1-4-8-18-15(19)11(3)20-14-7-6-12(9-13(14)16)10-17-5-2/h4,6-7,9,11,17H,1,5,8,10H2,2-3H3,(H,18,19). The summed E-state index contributed by atoms with van der Waals surface area (Å²) in [4.78, 5) is 11.7. The average Bonchev–Trinajstić information content (AvgIpc) is 2.44. The molecule has 1 amide bonds. The molecule has 1 aromatic rings. The number of halogens is 1. The second-order valence-corrected chi connectivity index (χ2v) is 5.19. The lowest BCUT2D eigenvalue weighted by atomic mass is 10.2. The topological polar surface area (TPSA) is 50.4 Å². The van der Waals surface area contributed by atoms with Gasteiger partial charge in [-0.3, -0.25) is 4.79 Å². The first kappa shape index (κ1) is 16.7. The van der Waals surface area contributed by atoms with Crippen LogP contribution >= 0.6 is 15.9 Å². The summed E-state index contributed by atoms with van der Waals surface area (Å²) in [6.07, 6.45) is 1.08. The molecule has 1 rings (SSSR count). The number of amides is 1. The van der Waals surface area contributed by atoms with Crippen LogP contribution in [0.15, 0.2) is 35.3 Å². The zero-order valence-electron chi connectivity index (χ0n) is 11.9. The van der Waals surface area contributed by atoms with Gasteiger partial charge < -0.3 is 15.4 Å². The normalized spacial score (nSPS) is 11.8. The maximum atomic E-state index is 11.7. The van der Waals surface area contributed by atoms with Crippen LogP contribution in [-0.2, 0) is 11.3 Å². The first-order valence-corrected chi connectivity index (χ1v) is 7.42. The lowest BCUT2D eigenvalue weighted by Gasteiger charge is -2.16. The molecule has 5 heteroatoms. The molecule has 0 saturated heterocycles. The van der Waals surface area contributed by atoms with E-state index < -0.39 is 6.10 Å². The predicted molar refractivity (Wildman–Crippen MR) is 84.8 cm³/mol. The predicted octanol–water partition coefficient (Wildman–Crippen LogP) is 2.63. The molecule has 4 nitrogen and oxygen atoms in total. The van der Waals surface area contributed by atoms with E-state index in [1.165, 1.54) is 0 Å². The molecule has 0 bridgehead atoms. The zero-order chi connectivity index (χ0) is 15.0. The van der Waals surface area contributed by atoms with Gasteiger partial charge in [-0.2, -0.15) is 0 Å². The highest BCUT2D eigenvalue weighted by Gasteiger charge is 2.15. The Morgan fingerprint density at radius 1 is 1.55 bits per heavy atom. The summed E-state index contributed by atoms with van der Waals surface area (Å²) in [5.74, 6) is 0.500. The van der Waals surface area contributed by atoms with Crippen LogP contribution in [0.4, 0.5) is 0 Å². The van der Waals surface area contributed by atoms with Gasteiger partial charge in [0.1, 0.15) is 5.75 Å². The molecule has 0 aliphatic rings. The van der Waals surface area contributed by atoms with Crippen LogP contribution < -0.4 is 15.4 Å². The van der Waals surface area contributed by atoms with Gasteiger partial charge in [0.2, 0.25) is 0 Å². The Bertz CT molecular complexity index is 463. The third kappa shape index (κ3) is 5.35. The van der Waals surface area contributed by atoms with E-state index in [2.05, 4.69) is 40.1 Å². The second-order valence-electron chi connectivity index (χ2n) is 4.34. The molecule has 2 N–H and O–H groups in total. The van der Waals surface area contributed by atoms with Crippen LogP contribution in [0.1, 0.15) is 19.4 Å². The van der Waals surface area contributed by atoms with Crippen molar-refractivity contribution in [3.05, 3.63) is 40.9 Å². The average molecular weight is 341 g/mol. The SMILES string of the molecule is C=CCNC(=O)C(C)Oc1ccc(CNCC)cc1Br. The lowest BCUT2D eigenvalue weighted by molar-refractivity contribution is -0.127. The molecular formula is C15H21BrN2O2. The fourth-order valence-corrected chi connectivity index (χ4v) is 2.10. The maximum absolute atomic E-state index is 11.7. The van der Waals surface area contributed by atoms with Crippen LogP contribution in [0, 0.1) is 0 Å². The zero-order valence-corrected chi connectivity index (χ0v) is 13.5. The molecule has 0 aliphatic heterocycles. The van der Waals surface area contributed by atoms with Crippen molar-refractivity contribution in [3.63, 3.8) is 0 Å². The minimum Gasteiger partial charge on any atom is -0.480 e. The summed E-state index contributed by atoms with van der Waals surface area (Å²) >= 11 is 3.47. The first-order valence-electron chi connectivity index (χ1n) is 6.62. The van der Waals surface area contributed by atoms with E-state index in [0.717, 1.165) is 23.1 Å². The van der Waals surface area contributed by atoms with Gasteiger partial charge in [0.05, 0.1) is 4.47 Å². The number of hydrogen-bond acceptors (Lipinski definition) is 3. The van der Waals surface area contributed by atoms with E-state index >= 15 is 0 Å². The van der Waals surface area contributed by atoms with Gasteiger partial charge in [0, 0.05) is 13.1 Å². The highest BCUT2D eigenvalue weighted by Crippen LogP contribution is 2.27. The van der Waals surface area contributed by atoms with Crippen molar-refractivity contribution in [2.45, 2.75) is 26.5 Å². The molecule has 0 aliphatic carbocycles. The molecule has 0 spiro atoms. The Morgan fingerprint density at radius 2 is 2.30 bits per heavy atom. The van der Waals surface area contributed by atoms with Gasteiger partial charge in [-0.25, -0.2) is 0 Å². The fourth-order valence-electron chi connectivity index (χ4n) is 1.58. The summed E-state index contributed by atoms with van der Waals surface area (Å²) in [6, 6.07) is 5.84. The molecule has 1 unspecified atom stereocenters. The molecule has 1 atom stereocenters. The quantitative estimate of drug-likeness (QED) is 0.715. The molecule has 0 saturated carbocycles. The van der Waals surface area contributed by atoms with Crippen molar-refractivity contribution in [1.29, 1.82) is 0 Å². The van der Waals surface area contributed by atoms with Crippen molar-refractivity contribution in [3.8, 4) is 5.75 Å². The summed E-state index contributed by atoms with van der Waals surface area (Å²) in [5, 5.41) is 5.96. The number of ether oxygens (including phenoxy) is 1. The summed E-state index contributed by atoms with van der Waals surface area (Å²) in [5.41, 5.74) is 1.16. The van der Waals surface area contributed by atoms with E-state index in [0.29, 0.717) is 12.3 Å². The van der Waals surface area contributed by atoms with E-state index in [4.69, 9.17) is 4.74 Å². The Labute approximate surface area is 128 Å². The monoisotopic (exact) mass is 340 g/mol. The number of hydrogen-bond donors (Lipinski definition) is 2. The van der Waals surface area contributed by atoms with E-state index in [9.17, 15) is 4.79 Å². The first-order chi connectivity index (χ1) is 9.58. The van der Waals surface area contributed by atoms with E-state index in [1.54, 1.807) is 13.0 Å². The van der Waals surface area contributed by atoms with Gasteiger partial charge >= 0.3 is 0 Å². The summed E-state index contributed by atoms with van der Waals surface area (Å²) < 4.78 is 6.49.